The molecule has 0 amide bonds. The van der Waals surface area contributed by atoms with Crippen LogP contribution >= 0.6 is 0 Å². The maximum atomic E-state index is 3.51. The van der Waals surface area contributed by atoms with Crippen molar-refractivity contribution in [2.75, 3.05) is 20.1 Å². The molecule has 0 aromatic heterocycles. The summed E-state index contributed by atoms with van der Waals surface area (Å²) in [6.45, 7) is 6.84. The molecule has 1 saturated carbocycles. The summed E-state index contributed by atoms with van der Waals surface area (Å²) in [4.78, 5) is 2.56. The van der Waals surface area contributed by atoms with Gasteiger partial charge in [-0.25, -0.2) is 0 Å². The van der Waals surface area contributed by atoms with Crippen molar-refractivity contribution in [1.82, 2.24) is 10.2 Å². The zero-order valence-electron chi connectivity index (χ0n) is 9.34. The van der Waals surface area contributed by atoms with Crippen molar-refractivity contribution in [3.05, 3.63) is 0 Å². The molecule has 1 aliphatic carbocycles. The van der Waals surface area contributed by atoms with E-state index in [1.165, 1.54) is 25.7 Å². The van der Waals surface area contributed by atoms with Crippen LogP contribution in [0.2, 0.25) is 0 Å². The van der Waals surface area contributed by atoms with Gasteiger partial charge in [-0.1, -0.05) is 13.8 Å². The number of hydrogen-bond acceptors (Lipinski definition) is 2. The molecule has 78 valence electrons. The molecule has 2 nitrogen and oxygen atoms in total. The minimum atomic E-state index is 0.749. The first kappa shape index (κ1) is 11.0. The van der Waals surface area contributed by atoms with Crippen molar-refractivity contribution >= 4 is 0 Å². The highest BCUT2D eigenvalue weighted by molar-refractivity contribution is 4.86. The van der Waals surface area contributed by atoms with E-state index >= 15 is 0 Å². The lowest BCUT2D eigenvalue weighted by molar-refractivity contribution is 0.220. The third kappa shape index (κ3) is 3.65. The summed E-state index contributed by atoms with van der Waals surface area (Å²) in [5, 5.41) is 3.51. The van der Waals surface area contributed by atoms with Gasteiger partial charge in [0.1, 0.15) is 0 Å². The van der Waals surface area contributed by atoms with Gasteiger partial charge in [0.25, 0.3) is 0 Å². The number of nitrogens with zero attached hydrogens (tertiary/aromatic N) is 1. The average molecular weight is 184 g/mol. The molecule has 0 aromatic rings. The van der Waals surface area contributed by atoms with E-state index in [1.54, 1.807) is 0 Å². The van der Waals surface area contributed by atoms with Crippen LogP contribution in [0.4, 0.5) is 0 Å². The van der Waals surface area contributed by atoms with Gasteiger partial charge in [-0.15, -0.1) is 0 Å². The molecule has 1 N–H and O–H groups in total. The maximum absolute atomic E-state index is 3.51. The van der Waals surface area contributed by atoms with Crippen molar-refractivity contribution in [1.29, 1.82) is 0 Å². The van der Waals surface area contributed by atoms with Crippen LogP contribution in [-0.2, 0) is 0 Å². The van der Waals surface area contributed by atoms with Gasteiger partial charge in [0.15, 0.2) is 0 Å². The molecule has 1 unspecified atom stereocenters. The molecule has 0 aromatic carbocycles. The Balaban J connectivity index is 2.16. The fourth-order valence-electron chi connectivity index (χ4n) is 1.80. The standard InChI is InChI=1S/C11H24N2/c1-4-8-12-9-10(5-2)13(3)11-6-7-11/h10-12H,4-9H2,1-3H3. The topological polar surface area (TPSA) is 15.3 Å². The molecular weight excluding hydrogens is 160 g/mol. The van der Waals surface area contributed by atoms with Crippen LogP contribution in [0, 0.1) is 0 Å². The number of nitrogens with one attached hydrogen (secondary N) is 1. The summed E-state index contributed by atoms with van der Waals surface area (Å²) in [6, 6.07) is 1.65. The SMILES string of the molecule is CCCNCC(CC)N(C)C1CC1. The molecule has 0 spiro atoms. The summed E-state index contributed by atoms with van der Waals surface area (Å²) in [5.74, 6) is 0. The Morgan fingerprint density at radius 1 is 1.38 bits per heavy atom. The van der Waals surface area contributed by atoms with Gasteiger partial charge in [-0.3, -0.25) is 4.90 Å². The van der Waals surface area contributed by atoms with Crippen LogP contribution < -0.4 is 5.32 Å². The molecular formula is C11H24N2. The van der Waals surface area contributed by atoms with E-state index in [0.29, 0.717) is 0 Å². The van der Waals surface area contributed by atoms with E-state index < -0.39 is 0 Å². The highest BCUT2D eigenvalue weighted by Crippen LogP contribution is 2.27. The second kappa shape index (κ2) is 5.61. The second-order valence-electron chi connectivity index (χ2n) is 4.16. The van der Waals surface area contributed by atoms with Crippen LogP contribution in [0.5, 0.6) is 0 Å². The molecule has 0 aliphatic heterocycles. The third-order valence-corrected chi connectivity index (χ3v) is 2.98. The Kier molecular flexibility index (Phi) is 4.74. The van der Waals surface area contributed by atoms with Gasteiger partial charge < -0.3 is 5.32 Å². The highest BCUT2D eigenvalue weighted by Gasteiger charge is 2.29. The summed E-state index contributed by atoms with van der Waals surface area (Å²) >= 11 is 0. The molecule has 0 saturated heterocycles. The average Bonchev–Trinajstić information content (AvgIpc) is 2.94. The van der Waals surface area contributed by atoms with Crippen molar-refractivity contribution < 1.29 is 0 Å². The van der Waals surface area contributed by atoms with Crippen LogP contribution in [0.15, 0.2) is 0 Å². The minimum absolute atomic E-state index is 0.749. The zero-order chi connectivity index (χ0) is 9.68. The van der Waals surface area contributed by atoms with E-state index in [1.807, 2.05) is 0 Å². The normalized spacial score (nSPS) is 19.4. The number of likely N-dealkylation sites (N-methyl/N-ethyl adjacent to an activating group) is 1. The molecule has 2 heteroatoms. The molecule has 1 rings (SSSR count). The lowest BCUT2D eigenvalue weighted by Crippen LogP contribution is -2.41. The van der Waals surface area contributed by atoms with Crippen LogP contribution in [0.25, 0.3) is 0 Å². The first-order valence-electron chi connectivity index (χ1n) is 5.72. The van der Waals surface area contributed by atoms with E-state index in [-0.39, 0.29) is 0 Å². The van der Waals surface area contributed by atoms with Crippen molar-refractivity contribution in [3.63, 3.8) is 0 Å². The fourth-order valence-corrected chi connectivity index (χ4v) is 1.80. The summed E-state index contributed by atoms with van der Waals surface area (Å²) in [6.07, 6.45) is 5.34. The van der Waals surface area contributed by atoms with E-state index in [9.17, 15) is 0 Å². The predicted octanol–water partition coefficient (Wildman–Crippen LogP) is 1.86. The first-order valence-corrected chi connectivity index (χ1v) is 5.72. The van der Waals surface area contributed by atoms with Crippen molar-refractivity contribution in [2.45, 2.75) is 51.6 Å². The predicted molar refractivity (Wildman–Crippen MR) is 58.0 cm³/mol. The molecule has 0 bridgehead atoms. The van der Waals surface area contributed by atoms with Gasteiger partial charge in [0.05, 0.1) is 0 Å². The van der Waals surface area contributed by atoms with Gasteiger partial charge in [-0.2, -0.15) is 0 Å². The fraction of sp³-hybridized carbons (Fsp3) is 1.00. The summed E-state index contributed by atoms with van der Waals surface area (Å²) in [5.41, 5.74) is 0. The summed E-state index contributed by atoms with van der Waals surface area (Å²) < 4.78 is 0. The lowest BCUT2D eigenvalue weighted by Gasteiger charge is -2.27. The quantitative estimate of drug-likeness (QED) is 0.608. The van der Waals surface area contributed by atoms with Crippen molar-refractivity contribution in [2.24, 2.45) is 0 Å². The van der Waals surface area contributed by atoms with Crippen LogP contribution in [0.1, 0.15) is 39.5 Å². The highest BCUT2D eigenvalue weighted by atomic mass is 15.2. The smallest absolute Gasteiger partial charge is 0.0217 e. The van der Waals surface area contributed by atoms with Crippen molar-refractivity contribution in [3.8, 4) is 0 Å². The molecule has 1 atom stereocenters. The van der Waals surface area contributed by atoms with Crippen LogP contribution in [0.3, 0.4) is 0 Å². The minimum Gasteiger partial charge on any atom is -0.315 e. The van der Waals surface area contributed by atoms with Crippen LogP contribution in [-0.4, -0.2) is 37.1 Å². The molecule has 1 fully saturated rings. The molecule has 0 heterocycles. The Bertz CT molecular complexity index is 132. The van der Waals surface area contributed by atoms with Gasteiger partial charge >= 0.3 is 0 Å². The number of hydrogen-bond donors (Lipinski definition) is 1. The molecule has 13 heavy (non-hydrogen) atoms. The third-order valence-electron chi connectivity index (χ3n) is 2.98. The summed E-state index contributed by atoms with van der Waals surface area (Å²) in [7, 11) is 2.28. The van der Waals surface area contributed by atoms with Gasteiger partial charge in [0, 0.05) is 18.6 Å². The second-order valence-corrected chi connectivity index (χ2v) is 4.16. The Morgan fingerprint density at radius 3 is 2.54 bits per heavy atom. The van der Waals surface area contributed by atoms with E-state index in [0.717, 1.165) is 25.2 Å². The lowest BCUT2D eigenvalue weighted by atomic mass is 10.2. The monoisotopic (exact) mass is 184 g/mol. The Morgan fingerprint density at radius 2 is 2.08 bits per heavy atom. The van der Waals surface area contributed by atoms with Gasteiger partial charge in [0.2, 0.25) is 0 Å². The number of rotatable bonds is 7. The Hall–Kier alpha value is -0.0800. The largest absolute Gasteiger partial charge is 0.315 e. The zero-order valence-corrected chi connectivity index (χ0v) is 9.34. The van der Waals surface area contributed by atoms with Gasteiger partial charge in [-0.05, 0) is 39.3 Å². The van der Waals surface area contributed by atoms with E-state index in [4.69, 9.17) is 0 Å². The maximum Gasteiger partial charge on any atom is 0.0217 e. The molecule has 0 radical (unpaired) electrons. The first-order chi connectivity index (χ1) is 6.29. The van der Waals surface area contributed by atoms with E-state index in [2.05, 4.69) is 31.1 Å². The Labute approximate surface area is 82.7 Å². The molecule has 1 aliphatic rings.